The van der Waals surface area contributed by atoms with E-state index in [2.05, 4.69) is 11.6 Å². The topological polar surface area (TPSA) is 55.4 Å². The summed E-state index contributed by atoms with van der Waals surface area (Å²) in [5.41, 5.74) is 0. The molecule has 0 aliphatic heterocycles. The van der Waals surface area contributed by atoms with Crippen molar-refractivity contribution in [2.75, 3.05) is 7.11 Å². The fourth-order valence-corrected chi connectivity index (χ4v) is 3.98. The number of hydrogen-bond donors (Lipinski definition) is 1. The van der Waals surface area contributed by atoms with Gasteiger partial charge in [-0.2, -0.15) is 0 Å². The molecule has 1 aliphatic rings. The maximum absolute atomic E-state index is 12.4. The first-order chi connectivity index (χ1) is 9.03. The monoisotopic (exact) mass is 283 g/mol. The average Bonchev–Trinajstić information content (AvgIpc) is 2.41. The van der Waals surface area contributed by atoms with Gasteiger partial charge in [-0.05, 0) is 43.7 Å². The van der Waals surface area contributed by atoms with E-state index in [4.69, 9.17) is 4.74 Å². The molecule has 0 spiro atoms. The standard InChI is InChI=1S/C14H21NO3S/c1-11-7-9-12(10-8-11)15-19(16,17)14-6-4-3-5-13(14)18-2/h3-6,11-12,15H,7-10H2,1-2H3. The Labute approximate surface area is 115 Å². The first-order valence-corrected chi connectivity index (χ1v) is 8.16. The molecule has 0 aromatic heterocycles. The van der Waals surface area contributed by atoms with Crippen molar-refractivity contribution in [1.29, 1.82) is 0 Å². The molecule has 0 amide bonds. The minimum absolute atomic E-state index is 0.0473. The Morgan fingerprint density at radius 3 is 2.42 bits per heavy atom. The van der Waals surface area contributed by atoms with Gasteiger partial charge >= 0.3 is 0 Å². The quantitative estimate of drug-likeness (QED) is 0.924. The number of ether oxygens (including phenoxy) is 1. The first-order valence-electron chi connectivity index (χ1n) is 6.68. The molecule has 1 aromatic carbocycles. The second-order valence-electron chi connectivity index (χ2n) is 5.23. The summed E-state index contributed by atoms with van der Waals surface area (Å²) in [6.07, 6.45) is 3.99. The molecular formula is C14H21NO3S. The van der Waals surface area contributed by atoms with Crippen molar-refractivity contribution in [2.45, 2.75) is 43.5 Å². The van der Waals surface area contributed by atoms with Crippen LogP contribution in [-0.2, 0) is 10.0 Å². The molecule has 5 heteroatoms. The molecule has 0 atom stereocenters. The summed E-state index contributed by atoms with van der Waals surface area (Å²) < 4.78 is 32.7. The number of rotatable bonds is 4. The fraction of sp³-hybridized carbons (Fsp3) is 0.571. The summed E-state index contributed by atoms with van der Waals surface area (Å²) in [7, 11) is -2.01. The van der Waals surface area contributed by atoms with E-state index in [1.165, 1.54) is 7.11 Å². The van der Waals surface area contributed by atoms with E-state index in [1.807, 2.05) is 0 Å². The smallest absolute Gasteiger partial charge is 0.244 e. The lowest BCUT2D eigenvalue weighted by atomic mass is 9.88. The number of nitrogens with one attached hydrogen (secondary N) is 1. The molecule has 1 fully saturated rings. The summed E-state index contributed by atoms with van der Waals surface area (Å²) in [4.78, 5) is 0.219. The number of methoxy groups -OCH3 is 1. The molecule has 19 heavy (non-hydrogen) atoms. The lowest BCUT2D eigenvalue weighted by Gasteiger charge is -2.26. The van der Waals surface area contributed by atoms with Crippen LogP contribution in [0.5, 0.6) is 5.75 Å². The van der Waals surface area contributed by atoms with E-state index < -0.39 is 10.0 Å². The average molecular weight is 283 g/mol. The molecule has 0 unspecified atom stereocenters. The van der Waals surface area contributed by atoms with Gasteiger partial charge in [0.1, 0.15) is 10.6 Å². The largest absolute Gasteiger partial charge is 0.495 e. The second kappa shape index (κ2) is 5.92. The molecule has 1 N–H and O–H groups in total. The maximum atomic E-state index is 12.4. The van der Waals surface area contributed by atoms with Gasteiger partial charge in [-0.15, -0.1) is 0 Å². The third-order valence-electron chi connectivity index (χ3n) is 3.70. The van der Waals surface area contributed by atoms with Crippen LogP contribution in [0.1, 0.15) is 32.6 Å². The van der Waals surface area contributed by atoms with E-state index >= 15 is 0 Å². The molecule has 2 rings (SSSR count). The van der Waals surface area contributed by atoms with Crippen LogP contribution in [0.25, 0.3) is 0 Å². The van der Waals surface area contributed by atoms with Crippen molar-refractivity contribution in [3.05, 3.63) is 24.3 Å². The Morgan fingerprint density at radius 1 is 1.16 bits per heavy atom. The minimum Gasteiger partial charge on any atom is -0.495 e. The van der Waals surface area contributed by atoms with Crippen molar-refractivity contribution >= 4 is 10.0 Å². The molecule has 0 heterocycles. The van der Waals surface area contributed by atoms with Crippen molar-refractivity contribution < 1.29 is 13.2 Å². The van der Waals surface area contributed by atoms with Crippen LogP contribution in [0, 0.1) is 5.92 Å². The number of sulfonamides is 1. The highest BCUT2D eigenvalue weighted by molar-refractivity contribution is 7.89. The molecule has 0 saturated heterocycles. The zero-order valence-corrected chi connectivity index (χ0v) is 12.2. The van der Waals surface area contributed by atoms with Gasteiger partial charge in [0, 0.05) is 6.04 Å². The third kappa shape index (κ3) is 3.48. The summed E-state index contributed by atoms with van der Waals surface area (Å²) in [5.74, 6) is 1.09. The van der Waals surface area contributed by atoms with Gasteiger partial charge in [0.05, 0.1) is 7.11 Å². The normalized spacial score (nSPS) is 24.1. The van der Waals surface area contributed by atoms with Gasteiger partial charge < -0.3 is 4.74 Å². The molecule has 1 aromatic rings. The molecule has 4 nitrogen and oxygen atoms in total. The van der Waals surface area contributed by atoms with E-state index in [9.17, 15) is 8.42 Å². The fourth-order valence-electron chi connectivity index (χ4n) is 2.50. The molecule has 106 valence electrons. The van der Waals surface area contributed by atoms with Gasteiger partial charge in [0.25, 0.3) is 0 Å². The van der Waals surface area contributed by atoms with Crippen molar-refractivity contribution in [3.8, 4) is 5.75 Å². The van der Waals surface area contributed by atoms with Crippen LogP contribution in [0.15, 0.2) is 29.2 Å². The highest BCUT2D eigenvalue weighted by Crippen LogP contribution is 2.27. The van der Waals surface area contributed by atoms with Crippen LogP contribution < -0.4 is 9.46 Å². The highest BCUT2D eigenvalue weighted by Gasteiger charge is 2.25. The third-order valence-corrected chi connectivity index (χ3v) is 5.26. The maximum Gasteiger partial charge on any atom is 0.244 e. The summed E-state index contributed by atoms with van der Waals surface area (Å²) in [6, 6.07) is 6.76. The van der Waals surface area contributed by atoms with E-state index in [0.717, 1.165) is 25.7 Å². The van der Waals surface area contributed by atoms with Crippen LogP contribution in [-0.4, -0.2) is 21.6 Å². The lowest BCUT2D eigenvalue weighted by molar-refractivity contribution is 0.331. The molecule has 0 bridgehead atoms. The van der Waals surface area contributed by atoms with Crippen molar-refractivity contribution in [2.24, 2.45) is 5.92 Å². The predicted molar refractivity (Wildman–Crippen MR) is 74.7 cm³/mol. The molecular weight excluding hydrogens is 262 g/mol. The van der Waals surface area contributed by atoms with Gasteiger partial charge in [-0.3, -0.25) is 0 Å². The molecule has 0 radical (unpaired) electrons. The predicted octanol–water partition coefficient (Wildman–Crippen LogP) is 2.55. The Balaban J connectivity index is 2.14. The van der Waals surface area contributed by atoms with Crippen LogP contribution in [0.2, 0.25) is 0 Å². The van der Waals surface area contributed by atoms with E-state index in [1.54, 1.807) is 24.3 Å². The Hall–Kier alpha value is -1.07. The second-order valence-corrected chi connectivity index (χ2v) is 6.91. The molecule has 1 aliphatic carbocycles. The summed E-state index contributed by atoms with van der Waals surface area (Å²) in [5, 5.41) is 0. The zero-order chi connectivity index (χ0) is 13.9. The number of para-hydroxylation sites is 1. The van der Waals surface area contributed by atoms with Crippen LogP contribution in [0.4, 0.5) is 0 Å². The Kier molecular flexibility index (Phi) is 4.47. The van der Waals surface area contributed by atoms with E-state index in [0.29, 0.717) is 11.7 Å². The SMILES string of the molecule is COc1ccccc1S(=O)(=O)NC1CCC(C)CC1. The van der Waals surface area contributed by atoms with E-state index in [-0.39, 0.29) is 10.9 Å². The van der Waals surface area contributed by atoms with Crippen LogP contribution in [0.3, 0.4) is 0 Å². The van der Waals surface area contributed by atoms with Crippen molar-refractivity contribution in [1.82, 2.24) is 4.72 Å². The first kappa shape index (κ1) is 14.3. The van der Waals surface area contributed by atoms with Crippen LogP contribution >= 0.6 is 0 Å². The van der Waals surface area contributed by atoms with Gasteiger partial charge in [0.15, 0.2) is 0 Å². The van der Waals surface area contributed by atoms with Gasteiger partial charge in [-0.25, -0.2) is 13.1 Å². The number of hydrogen-bond acceptors (Lipinski definition) is 3. The Morgan fingerprint density at radius 2 is 1.79 bits per heavy atom. The molecule has 1 saturated carbocycles. The zero-order valence-electron chi connectivity index (χ0n) is 11.4. The van der Waals surface area contributed by atoms with Gasteiger partial charge in [-0.1, -0.05) is 19.1 Å². The lowest BCUT2D eigenvalue weighted by Crippen LogP contribution is -2.37. The minimum atomic E-state index is -3.50. The highest BCUT2D eigenvalue weighted by atomic mass is 32.2. The number of benzene rings is 1. The van der Waals surface area contributed by atoms with Gasteiger partial charge in [0.2, 0.25) is 10.0 Å². The summed E-state index contributed by atoms with van der Waals surface area (Å²) >= 11 is 0. The van der Waals surface area contributed by atoms with Crippen molar-refractivity contribution in [3.63, 3.8) is 0 Å². The summed E-state index contributed by atoms with van der Waals surface area (Å²) in [6.45, 7) is 2.21. The Bertz CT molecular complexity index is 519.